The molecule has 1 amide bonds. The molecule has 0 spiro atoms. The Balaban J connectivity index is 1.32. The van der Waals surface area contributed by atoms with Gasteiger partial charge in [0.15, 0.2) is 0 Å². The van der Waals surface area contributed by atoms with E-state index in [1.807, 2.05) is 37.3 Å². The van der Waals surface area contributed by atoms with Crippen LogP contribution in [0, 0.1) is 5.41 Å². The summed E-state index contributed by atoms with van der Waals surface area (Å²) >= 11 is 0. The van der Waals surface area contributed by atoms with Crippen LogP contribution in [0.15, 0.2) is 60.7 Å². The van der Waals surface area contributed by atoms with Crippen LogP contribution in [-0.2, 0) is 6.42 Å². The Bertz CT molecular complexity index is 1190. The van der Waals surface area contributed by atoms with E-state index < -0.39 is 0 Å². The number of likely N-dealkylation sites (tertiary alicyclic amines) is 1. The Morgan fingerprint density at radius 3 is 2.71 bits per heavy atom. The summed E-state index contributed by atoms with van der Waals surface area (Å²) in [5.74, 6) is 0.907. The van der Waals surface area contributed by atoms with Crippen molar-refractivity contribution in [2.75, 3.05) is 6.61 Å². The van der Waals surface area contributed by atoms with Crippen LogP contribution in [0.5, 0.6) is 5.75 Å². The molecule has 3 aromatic rings. The summed E-state index contributed by atoms with van der Waals surface area (Å²) < 4.78 is 5.56. The van der Waals surface area contributed by atoms with Crippen molar-refractivity contribution in [3.05, 3.63) is 71.9 Å². The van der Waals surface area contributed by atoms with Gasteiger partial charge in [-0.1, -0.05) is 37.3 Å². The molecule has 0 radical (unpaired) electrons. The zero-order chi connectivity index (χ0) is 24.0. The maximum absolute atomic E-state index is 14.2. The van der Waals surface area contributed by atoms with Gasteiger partial charge in [-0.3, -0.25) is 9.89 Å². The molecular weight excluding hydrogens is 436 g/mol. The first-order valence-corrected chi connectivity index (χ1v) is 13.0. The number of benzene rings is 2. The summed E-state index contributed by atoms with van der Waals surface area (Å²) in [6.07, 6.45) is 5.44. The standard InChI is InChI=1S/C29H34N4O2/c1-3-35-21-14-12-20(13-15-21)22-17-23(32-31-22)28(34)33-25(16-19-8-5-4-6-9-19)24-18-29(2)26(30-24)10-7-11-27(29)33/h4-6,8-9,12-15,17,24-27,30H,3,7,10-11,16,18H2,1-2H3,(H,31,32)/t24-,25-,26-,27+,29-/m0/s1. The van der Waals surface area contributed by atoms with Crippen LogP contribution < -0.4 is 10.1 Å². The highest BCUT2D eigenvalue weighted by atomic mass is 16.5. The number of rotatable bonds is 6. The van der Waals surface area contributed by atoms with E-state index in [0.29, 0.717) is 24.4 Å². The summed E-state index contributed by atoms with van der Waals surface area (Å²) in [4.78, 5) is 16.4. The van der Waals surface area contributed by atoms with Crippen LogP contribution in [0.4, 0.5) is 0 Å². The average Bonchev–Trinajstić information content (AvgIpc) is 3.49. The highest BCUT2D eigenvalue weighted by Gasteiger charge is 2.60. The van der Waals surface area contributed by atoms with Crippen molar-refractivity contribution in [3.63, 3.8) is 0 Å². The van der Waals surface area contributed by atoms with Crippen molar-refractivity contribution in [1.29, 1.82) is 0 Å². The molecule has 6 rings (SSSR count). The largest absolute Gasteiger partial charge is 0.494 e. The minimum atomic E-state index is 0.0703. The molecule has 0 unspecified atom stereocenters. The third-order valence-electron chi connectivity index (χ3n) is 8.55. The number of carbonyl (C=O) groups is 1. The molecule has 1 saturated carbocycles. The van der Waals surface area contributed by atoms with Gasteiger partial charge < -0.3 is 15.0 Å². The normalized spacial score (nSPS) is 29.3. The highest BCUT2D eigenvalue weighted by Crippen LogP contribution is 2.52. The molecule has 6 nitrogen and oxygen atoms in total. The molecule has 35 heavy (non-hydrogen) atoms. The number of ether oxygens (including phenoxy) is 1. The molecule has 2 bridgehead atoms. The van der Waals surface area contributed by atoms with Gasteiger partial charge in [0.1, 0.15) is 11.4 Å². The van der Waals surface area contributed by atoms with Crippen molar-refractivity contribution in [2.45, 2.75) is 70.1 Å². The van der Waals surface area contributed by atoms with Gasteiger partial charge in [-0.2, -0.15) is 5.10 Å². The van der Waals surface area contributed by atoms with Crippen molar-refractivity contribution in [1.82, 2.24) is 20.4 Å². The van der Waals surface area contributed by atoms with E-state index in [1.165, 1.54) is 12.0 Å². The van der Waals surface area contributed by atoms with Crippen LogP contribution >= 0.6 is 0 Å². The third kappa shape index (κ3) is 3.84. The van der Waals surface area contributed by atoms with Gasteiger partial charge in [-0.05, 0) is 74.9 Å². The van der Waals surface area contributed by atoms with Gasteiger partial charge in [0, 0.05) is 29.1 Å². The zero-order valence-electron chi connectivity index (χ0n) is 20.5. The van der Waals surface area contributed by atoms with Crippen LogP contribution in [0.25, 0.3) is 11.3 Å². The number of aromatic nitrogens is 2. The summed E-state index contributed by atoms with van der Waals surface area (Å²) in [5, 5.41) is 11.5. The molecule has 1 aromatic heterocycles. The van der Waals surface area contributed by atoms with Gasteiger partial charge in [0.2, 0.25) is 0 Å². The molecule has 3 fully saturated rings. The summed E-state index contributed by atoms with van der Waals surface area (Å²) in [6.45, 7) is 5.00. The van der Waals surface area contributed by atoms with Crippen molar-refractivity contribution >= 4 is 5.91 Å². The Hall–Kier alpha value is -3.12. The number of aromatic amines is 1. The second-order valence-corrected chi connectivity index (χ2v) is 10.6. The molecule has 2 aliphatic heterocycles. The number of carbonyl (C=O) groups excluding carboxylic acids is 1. The average molecular weight is 471 g/mol. The molecule has 2 N–H and O–H groups in total. The quantitative estimate of drug-likeness (QED) is 0.541. The predicted molar refractivity (Wildman–Crippen MR) is 136 cm³/mol. The summed E-state index contributed by atoms with van der Waals surface area (Å²) in [6, 6.07) is 21.5. The van der Waals surface area contributed by atoms with E-state index in [4.69, 9.17) is 4.74 Å². The Morgan fingerprint density at radius 2 is 1.94 bits per heavy atom. The molecule has 182 valence electrons. The second-order valence-electron chi connectivity index (χ2n) is 10.6. The smallest absolute Gasteiger partial charge is 0.272 e. The van der Waals surface area contributed by atoms with Gasteiger partial charge in [0.05, 0.1) is 18.3 Å². The molecule has 1 aliphatic carbocycles. The molecule has 3 heterocycles. The Kier molecular flexibility index (Phi) is 5.64. The number of hydrogen-bond acceptors (Lipinski definition) is 4. The summed E-state index contributed by atoms with van der Waals surface area (Å²) in [5.41, 5.74) is 3.72. The first-order chi connectivity index (χ1) is 17.1. The maximum Gasteiger partial charge on any atom is 0.272 e. The number of hydrogen-bond donors (Lipinski definition) is 2. The fraction of sp³-hybridized carbons (Fsp3) is 0.448. The molecular formula is C29H34N4O2. The lowest BCUT2D eigenvalue weighted by molar-refractivity contribution is -0.0115. The SMILES string of the molecule is CCOc1ccc(-c2cc(C(=O)N3[C@@H](Cc4ccccc4)[C@@H]4C[C@@]5(C)[C@H](CCC[C@@H]35)N4)[nH]n2)cc1. The van der Waals surface area contributed by atoms with E-state index >= 15 is 0 Å². The Labute approximate surface area is 207 Å². The highest BCUT2D eigenvalue weighted by molar-refractivity contribution is 5.94. The fourth-order valence-corrected chi connectivity index (χ4v) is 6.87. The van der Waals surface area contributed by atoms with E-state index in [0.717, 1.165) is 42.7 Å². The molecule has 2 saturated heterocycles. The van der Waals surface area contributed by atoms with E-state index in [1.54, 1.807) is 0 Å². The number of amides is 1. The first-order valence-electron chi connectivity index (χ1n) is 13.0. The Morgan fingerprint density at radius 1 is 1.14 bits per heavy atom. The second kappa shape index (κ2) is 8.83. The molecule has 3 aliphatic rings. The molecule has 6 heteroatoms. The van der Waals surface area contributed by atoms with Crippen LogP contribution in [-0.4, -0.2) is 51.8 Å². The van der Waals surface area contributed by atoms with Gasteiger partial charge in [-0.25, -0.2) is 0 Å². The third-order valence-corrected chi connectivity index (χ3v) is 8.55. The van der Waals surface area contributed by atoms with Gasteiger partial charge in [-0.15, -0.1) is 0 Å². The van der Waals surface area contributed by atoms with E-state index in [2.05, 4.69) is 57.7 Å². The first kappa shape index (κ1) is 22.4. The number of piperidine rings is 1. The number of fused-ring (bicyclic) bond motifs is 1. The zero-order valence-corrected chi connectivity index (χ0v) is 20.5. The lowest BCUT2D eigenvalue weighted by atomic mass is 9.64. The van der Waals surface area contributed by atoms with E-state index in [-0.39, 0.29) is 23.4 Å². The lowest BCUT2D eigenvalue weighted by Gasteiger charge is -2.53. The lowest BCUT2D eigenvalue weighted by Crippen LogP contribution is -2.62. The topological polar surface area (TPSA) is 70.2 Å². The van der Waals surface area contributed by atoms with Crippen LogP contribution in [0.2, 0.25) is 0 Å². The van der Waals surface area contributed by atoms with Crippen LogP contribution in [0.1, 0.15) is 55.6 Å². The summed E-state index contributed by atoms with van der Waals surface area (Å²) in [7, 11) is 0. The monoisotopic (exact) mass is 470 g/mol. The molecule has 2 aromatic carbocycles. The van der Waals surface area contributed by atoms with Crippen molar-refractivity contribution in [3.8, 4) is 17.0 Å². The van der Waals surface area contributed by atoms with Crippen molar-refractivity contribution in [2.24, 2.45) is 5.41 Å². The fourth-order valence-electron chi connectivity index (χ4n) is 6.87. The van der Waals surface area contributed by atoms with Gasteiger partial charge >= 0.3 is 0 Å². The van der Waals surface area contributed by atoms with Crippen LogP contribution in [0.3, 0.4) is 0 Å². The van der Waals surface area contributed by atoms with Gasteiger partial charge in [0.25, 0.3) is 5.91 Å². The minimum absolute atomic E-state index is 0.0703. The predicted octanol–water partition coefficient (Wildman–Crippen LogP) is 4.83. The number of nitrogens with zero attached hydrogens (tertiary/aromatic N) is 2. The molecule has 5 atom stereocenters. The number of H-pyrrole nitrogens is 1. The van der Waals surface area contributed by atoms with E-state index in [9.17, 15) is 4.79 Å². The van der Waals surface area contributed by atoms with Crippen molar-refractivity contribution < 1.29 is 9.53 Å². The minimum Gasteiger partial charge on any atom is -0.494 e. The maximum atomic E-state index is 14.2. The number of nitrogens with one attached hydrogen (secondary N) is 2.